The molecular formula is C18H28O2. The first-order valence-electron chi connectivity index (χ1n) is 7.60. The van der Waals surface area contributed by atoms with E-state index < -0.39 is 11.7 Å². The quantitative estimate of drug-likeness (QED) is 0.890. The van der Waals surface area contributed by atoms with Crippen LogP contribution < -0.4 is 0 Å². The molecule has 1 aromatic carbocycles. The first-order valence-corrected chi connectivity index (χ1v) is 7.60. The van der Waals surface area contributed by atoms with Gasteiger partial charge < -0.3 is 9.84 Å². The number of aliphatic hydroxyl groups excluding tert-OH is 1. The van der Waals surface area contributed by atoms with E-state index >= 15 is 0 Å². The molecule has 0 bridgehead atoms. The normalized spacial score (nSPS) is 22.5. The van der Waals surface area contributed by atoms with Gasteiger partial charge in [0.1, 0.15) is 6.10 Å². The first kappa shape index (κ1) is 15.5. The topological polar surface area (TPSA) is 29.5 Å². The summed E-state index contributed by atoms with van der Waals surface area (Å²) in [7, 11) is 1.74. The number of methoxy groups -OCH3 is 1. The van der Waals surface area contributed by atoms with Crippen molar-refractivity contribution in [1.29, 1.82) is 0 Å². The van der Waals surface area contributed by atoms with Crippen molar-refractivity contribution in [3.8, 4) is 0 Å². The zero-order valence-electron chi connectivity index (χ0n) is 13.5. The minimum atomic E-state index is -0.538. The largest absolute Gasteiger partial charge is 0.385 e. The van der Waals surface area contributed by atoms with Crippen LogP contribution in [-0.2, 0) is 4.74 Å². The van der Waals surface area contributed by atoms with E-state index in [-0.39, 0.29) is 0 Å². The van der Waals surface area contributed by atoms with Crippen LogP contribution >= 0.6 is 0 Å². The molecule has 0 saturated heterocycles. The second kappa shape index (κ2) is 5.50. The summed E-state index contributed by atoms with van der Waals surface area (Å²) in [4.78, 5) is 0. The van der Waals surface area contributed by atoms with Crippen molar-refractivity contribution in [1.82, 2.24) is 0 Å². The van der Waals surface area contributed by atoms with Gasteiger partial charge in [0.05, 0.1) is 5.60 Å². The Morgan fingerprint density at radius 3 is 2.25 bits per heavy atom. The van der Waals surface area contributed by atoms with Crippen LogP contribution in [-0.4, -0.2) is 17.8 Å². The number of hydrogen-bond donors (Lipinski definition) is 1. The Balaban J connectivity index is 2.30. The maximum absolute atomic E-state index is 10.9. The lowest BCUT2D eigenvalue weighted by Gasteiger charge is -2.45. The lowest BCUT2D eigenvalue weighted by atomic mass is 9.68. The lowest BCUT2D eigenvalue weighted by molar-refractivity contribution is -0.138. The SMILES string of the molecule is COC1(C(O)c2cc(C)ccc2C)CCC(C)(C)CC1. The van der Waals surface area contributed by atoms with Crippen molar-refractivity contribution in [3.05, 3.63) is 34.9 Å². The Bertz CT molecular complexity index is 466. The number of hydrogen-bond acceptors (Lipinski definition) is 2. The van der Waals surface area contributed by atoms with Crippen LogP contribution in [0.1, 0.15) is 62.3 Å². The minimum Gasteiger partial charge on any atom is -0.385 e. The molecule has 1 saturated carbocycles. The summed E-state index contributed by atoms with van der Waals surface area (Å²) in [5.74, 6) is 0. The monoisotopic (exact) mass is 276 g/mol. The van der Waals surface area contributed by atoms with Gasteiger partial charge in [-0.05, 0) is 56.1 Å². The van der Waals surface area contributed by atoms with E-state index in [0.29, 0.717) is 5.41 Å². The zero-order valence-corrected chi connectivity index (χ0v) is 13.5. The predicted molar refractivity (Wildman–Crippen MR) is 82.9 cm³/mol. The average molecular weight is 276 g/mol. The summed E-state index contributed by atoms with van der Waals surface area (Å²) in [6.45, 7) is 8.74. The van der Waals surface area contributed by atoms with Gasteiger partial charge in [-0.1, -0.05) is 37.6 Å². The third kappa shape index (κ3) is 2.91. The van der Waals surface area contributed by atoms with Gasteiger partial charge >= 0.3 is 0 Å². The van der Waals surface area contributed by atoms with E-state index in [1.807, 2.05) is 0 Å². The molecule has 1 aliphatic carbocycles. The molecule has 2 nitrogen and oxygen atoms in total. The molecule has 2 heteroatoms. The number of benzene rings is 1. The van der Waals surface area contributed by atoms with Gasteiger partial charge in [-0.2, -0.15) is 0 Å². The van der Waals surface area contributed by atoms with Crippen molar-refractivity contribution in [3.63, 3.8) is 0 Å². The number of rotatable bonds is 3. The molecule has 1 aromatic rings. The summed E-state index contributed by atoms with van der Waals surface area (Å²) >= 11 is 0. The van der Waals surface area contributed by atoms with Crippen molar-refractivity contribution in [2.75, 3.05) is 7.11 Å². The third-order valence-electron chi connectivity index (χ3n) is 5.08. The van der Waals surface area contributed by atoms with Gasteiger partial charge in [0, 0.05) is 7.11 Å². The molecule has 0 spiro atoms. The highest BCUT2D eigenvalue weighted by Gasteiger charge is 2.44. The molecule has 0 aromatic heterocycles. The van der Waals surface area contributed by atoms with Crippen molar-refractivity contribution < 1.29 is 9.84 Å². The summed E-state index contributed by atoms with van der Waals surface area (Å²) in [6, 6.07) is 6.28. The highest BCUT2D eigenvalue weighted by molar-refractivity contribution is 5.34. The van der Waals surface area contributed by atoms with E-state index in [1.54, 1.807) is 7.11 Å². The molecule has 112 valence electrons. The average Bonchev–Trinajstić information content (AvgIpc) is 2.41. The predicted octanol–water partition coefficient (Wildman–Crippen LogP) is 4.32. The molecule has 20 heavy (non-hydrogen) atoms. The summed E-state index contributed by atoms with van der Waals surface area (Å²) in [5.41, 5.74) is 3.29. The molecule has 1 fully saturated rings. The van der Waals surface area contributed by atoms with Crippen LogP contribution in [0.5, 0.6) is 0 Å². The Hall–Kier alpha value is -0.860. The number of ether oxygens (including phenoxy) is 1. The van der Waals surface area contributed by atoms with E-state index in [0.717, 1.165) is 36.8 Å². The second-order valence-electron chi connectivity index (χ2n) is 7.20. The van der Waals surface area contributed by atoms with Gasteiger partial charge in [-0.15, -0.1) is 0 Å². The zero-order chi connectivity index (χ0) is 15.0. The Labute approximate surface area is 123 Å². The van der Waals surface area contributed by atoms with E-state index in [1.165, 1.54) is 5.56 Å². The molecule has 0 heterocycles. The minimum absolute atomic E-state index is 0.364. The lowest BCUT2D eigenvalue weighted by Crippen LogP contribution is -2.44. The van der Waals surface area contributed by atoms with Crippen LogP contribution in [0.25, 0.3) is 0 Å². The highest BCUT2D eigenvalue weighted by Crippen LogP contribution is 2.47. The van der Waals surface area contributed by atoms with Gasteiger partial charge in [-0.3, -0.25) is 0 Å². The first-order chi connectivity index (χ1) is 9.30. The summed E-state index contributed by atoms with van der Waals surface area (Å²) < 4.78 is 5.83. The molecule has 0 amide bonds. The maximum Gasteiger partial charge on any atom is 0.108 e. The molecule has 1 aliphatic rings. The molecule has 1 atom stereocenters. The van der Waals surface area contributed by atoms with Gasteiger partial charge in [0.15, 0.2) is 0 Å². The fraction of sp³-hybridized carbons (Fsp3) is 0.667. The van der Waals surface area contributed by atoms with Crippen molar-refractivity contribution in [2.24, 2.45) is 5.41 Å². The van der Waals surface area contributed by atoms with Gasteiger partial charge in [0.2, 0.25) is 0 Å². The second-order valence-corrected chi connectivity index (χ2v) is 7.20. The third-order valence-corrected chi connectivity index (χ3v) is 5.08. The standard InChI is InChI=1S/C18H28O2/c1-13-6-7-14(2)15(12-13)16(19)18(20-5)10-8-17(3,4)9-11-18/h6-7,12,16,19H,8-11H2,1-5H3. The Morgan fingerprint density at radius 2 is 1.70 bits per heavy atom. The van der Waals surface area contributed by atoms with Crippen LogP contribution in [0.4, 0.5) is 0 Å². The Morgan fingerprint density at radius 1 is 1.10 bits per heavy atom. The fourth-order valence-electron chi connectivity index (χ4n) is 3.28. The Kier molecular flexibility index (Phi) is 4.27. The van der Waals surface area contributed by atoms with E-state index in [4.69, 9.17) is 4.74 Å². The van der Waals surface area contributed by atoms with Gasteiger partial charge in [-0.25, -0.2) is 0 Å². The number of aliphatic hydroxyl groups is 1. The molecule has 1 unspecified atom stereocenters. The van der Waals surface area contributed by atoms with Crippen LogP contribution in [0, 0.1) is 19.3 Å². The molecule has 1 N–H and O–H groups in total. The summed E-state index contributed by atoms with van der Waals surface area (Å²) in [5, 5.41) is 10.9. The summed E-state index contributed by atoms with van der Waals surface area (Å²) in [6.07, 6.45) is 3.50. The smallest absolute Gasteiger partial charge is 0.108 e. The van der Waals surface area contributed by atoms with E-state index in [2.05, 4.69) is 45.9 Å². The molecule has 0 radical (unpaired) electrons. The van der Waals surface area contributed by atoms with Crippen LogP contribution in [0.3, 0.4) is 0 Å². The van der Waals surface area contributed by atoms with Crippen molar-refractivity contribution in [2.45, 2.75) is 65.1 Å². The molecule has 0 aliphatic heterocycles. The highest BCUT2D eigenvalue weighted by atomic mass is 16.5. The van der Waals surface area contributed by atoms with Crippen LogP contribution in [0.2, 0.25) is 0 Å². The number of aryl methyl sites for hydroxylation is 2. The maximum atomic E-state index is 10.9. The molecule has 2 rings (SSSR count). The van der Waals surface area contributed by atoms with Crippen molar-refractivity contribution >= 4 is 0 Å². The van der Waals surface area contributed by atoms with Gasteiger partial charge in [0.25, 0.3) is 0 Å². The molecular weight excluding hydrogens is 248 g/mol. The van der Waals surface area contributed by atoms with E-state index in [9.17, 15) is 5.11 Å². The fourth-order valence-corrected chi connectivity index (χ4v) is 3.28. The van der Waals surface area contributed by atoms with Crippen LogP contribution in [0.15, 0.2) is 18.2 Å².